The molecular formula is C15H14FN3. The maximum atomic E-state index is 13.1. The SMILES string of the molecule is NC1=CNc2ccccc2C1(N)c1ccc(F)cc1. The number of halogens is 1. The first kappa shape index (κ1) is 11.7. The van der Waals surface area contributed by atoms with Gasteiger partial charge in [-0.1, -0.05) is 30.3 Å². The van der Waals surface area contributed by atoms with Gasteiger partial charge in [-0.05, 0) is 23.8 Å². The van der Waals surface area contributed by atoms with E-state index in [0.29, 0.717) is 5.70 Å². The minimum atomic E-state index is -0.935. The molecule has 0 aromatic heterocycles. The Morgan fingerprint density at radius 2 is 1.68 bits per heavy atom. The van der Waals surface area contributed by atoms with E-state index >= 15 is 0 Å². The maximum absolute atomic E-state index is 13.1. The van der Waals surface area contributed by atoms with Crippen LogP contribution in [0, 0.1) is 5.82 Å². The summed E-state index contributed by atoms with van der Waals surface area (Å²) in [5, 5.41) is 3.11. The first-order chi connectivity index (χ1) is 9.12. The lowest BCUT2D eigenvalue weighted by Gasteiger charge is -2.36. The van der Waals surface area contributed by atoms with Gasteiger partial charge in [0.15, 0.2) is 0 Å². The molecule has 19 heavy (non-hydrogen) atoms. The monoisotopic (exact) mass is 255 g/mol. The summed E-state index contributed by atoms with van der Waals surface area (Å²) in [6.45, 7) is 0. The number of fused-ring (bicyclic) bond motifs is 1. The summed E-state index contributed by atoms with van der Waals surface area (Å²) in [6.07, 6.45) is 1.69. The first-order valence-electron chi connectivity index (χ1n) is 5.99. The third kappa shape index (κ3) is 1.69. The quantitative estimate of drug-likeness (QED) is 0.732. The predicted molar refractivity (Wildman–Crippen MR) is 73.7 cm³/mol. The van der Waals surface area contributed by atoms with Crippen LogP contribution in [-0.2, 0) is 5.54 Å². The van der Waals surface area contributed by atoms with Gasteiger partial charge in [-0.3, -0.25) is 0 Å². The van der Waals surface area contributed by atoms with Gasteiger partial charge in [0.05, 0.1) is 5.70 Å². The van der Waals surface area contributed by atoms with Crippen LogP contribution >= 0.6 is 0 Å². The van der Waals surface area contributed by atoms with Crippen molar-refractivity contribution in [3.63, 3.8) is 0 Å². The molecule has 2 aromatic rings. The van der Waals surface area contributed by atoms with Crippen molar-refractivity contribution in [2.75, 3.05) is 5.32 Å². The molecule has 1 aliphatic rings. The minimum Gasteiger partial charge on any atom is -0.399 e. The molecule has 0 bridgehead atoms. The van der Waals surface area contributed by atoms with E-state index < -0.39 is 5.54 Å². The number of nitrogens with one attached hydrogen (secondary N) is 1. The summed E-state index contributed by atoms with van der Waals surface area (Å²) in [6, 6.07) is 13.8. The van der Waals surface area contributed by atoms with Crippen LogP contribution in [-0.4, -0.2) is 0 Å². The summed E-state index contributed by atoms with van der Waals surface area (Å²) >= 11 is 0. The molecule has 1 heterocycles. The Labute approximate surface area is 110 Å². The van der Waals surface area contributed by atoms with Crippen LogP contribution in [0.3, 0.4) is 0 Å². The molecule has 0 radical (unpaired) electrons. The van der Waals surface area contributed by atoms with E-state index in [4.69, 9.17) is 11.5 Å². The van der Waals surface area contributed by atoms with Gasteiger partial charge in [0, 0.05) is 17.5 Å². The smallest absolute Gasteiger partial charge is 0.123 e. The molecule has 3 rings (SSSR count). The highest BCUT2D eigenvalue weighted by molar-refractivity contribution is 5.65. The van der Waals surface area contributed by atoms with E-state index in [0.717, 1.165) is 16.8 Å². The fraction of sp³-hybridized carbons (Fsp3) is 0.0667. The molecule has 3 nitrogen and oxygen atoms in total. The van der Waals surface area contributed by atoms with Gasteiger partial charge in [-0.15, -0.1) is 0 Å². The van der Waals surface area contributed by atoms with Crippen LogP contribution in [0.1, 0.15) is 11.1 Å². The Bertz CT molecular complexity index is 649. The standard InChI is InChI=1S/C15H14FN3/c16-11-7-5-10(6-8-11)15(18)12-3-1-2-4-13(12)19-9-14(15)17/h1-9,19H,17-18H2. The van der Waals surface area contributed by atoms with Crippen LogP contribution in [0.25, 0.3) is 0 Å². The van der Waals surface area contributed by atoms with E-state index in [2.05, 4.69) is 5.32 Å². The fourth-order valence-electron chi connectivity index (χ4n) is 2.41. The number of hydrogen-bond donors (Lipinski definition) is 3. The molecule has 0 saturated carbocycles. The van der Waals surface area contributed by atoms with E-state index in [1.807, 2.05) is 24.3 Å². The second-order valence-corrected chi connectivity index (χ2v) is 4.60. The molecule has 0 amide bonds. The van der Waals surface area contributed by atoms with Crippen molar-refractivity contribution < 1.29 is 4.39 Å². The number of nitrogens with two attached hydrogens (primary N) is 2. The summed E-state index contributed by atoms with van der Waals surface area (Å²) < 4.78 is 13.1. The number of rotatable bonds is 1. The molecule has 4 heteroatoms. The topological polar surface area (TPSA) is 64.1 Å². The molecule has 2 aromatic carbocycles. The van der Waals surface area contributed by atoms with Gasteiger partial charge in [-0.2, -0.15) is 0 Å². The maximum Gasteiger partial charge on any atom is 0.123 e. The van der Waals surface area contributed by atoms with E-state index in [1.165, 1.54) is 12.1 Å². The van der Waals surface area contributed by atoms with E-state index in [1.54, 1.807) is 18.3 Å². The Hall–Kier alpha value is -2.33. The lowest BCUT2D eigenvalue weighted by molar-refractivity contribution is 0.606. The second-order valence-electron chi connectivity index (χ2n) is 4.60. The molecule has 1 aliphatic heterocycles. The van der Waals surface area contributed by atoms with Crippen molar-refractivity contribution in [1.82, 2.24) is 0 Å². The molecule has 0 spiro atoms. The molecule has 0 aliphatic carbocycles. The third-order valence-electron chi connectivity index (χ3n) is 3.49. The van der Waals surface area contributed by atoms with E-state index in [9.17, 15) is 4.39 Å². The van der Waals surface area contributed by atoms with Gasteiger partial charge in [0.2, 0.25) is 0 Å². The van der Waals surface area contributed by atoms with Crippen LogP contribution in [0.4, 0.5) is 10.1 Å². The van der Waals surface area contributed by atoms with Crippen molar-refractivity contribution in [3.8, 4) is 0 Å². The van der Waals surface area contributed by atoms with Crippen molar-refractivity contribution in [3.05, 3.63) is 77.4 Å². The lowest BCUT2D eigenvalue weighted by Crippen LogP contribution is -2.45. The zero-order chi connectivity index (χ0) is 13.5. The molecule has 1 atom stereocenters. The minimum absolute atomic E-state index is 0.294. The molecule has 0 fully saturated rings. The zero-order valence-corrected chi connectivity index (χ0v) is 10.2. The fourth-order valence-corrected chi connectivity index (χ4v) is 2.41. The van der Waals surface area contributed by atoms with Gasteiger partial charge in [0.1, 0.15) is 11.4 Å². The second kappa shape index (κ2) is 4.10. The summed E-state index contributed by atoms with van der Waals surface area (Å²) in [7, 11) is 0. The predicted octanol–water partition coefficient (Wildman–Crippen LogP) is 2.25. The largest absolute Gasteiger partial charge is 0.399 e. The number of hydrogen-bond acceptors (Lipinski definition) is 3. The average molecular weight is 255 g/mol. The van der Waals surface area contributed by atoms with E-state index in [-0.39, 0.29) is 5.82 Å². The molecule has 1 unspecified atom stereocenters. The van der Waals surface area contributed by atoms with Crippen molar-refractivity contribution in [2.24, 2.45) is 11.5 Å². The molecule has 96 valence electrons. The Kier molecular flexibility index (Phi) is 2.54. The molecule has 0 saturated heterocycles. The van der Waals surface area contributed by atoms with Crippen LogP contribution in [0.2, 0.25) is 0 Å². The summed E-state index contributed by atoms with van der Waals surface area (Å²) in [5.41, 5.74) is 14.7. The summed E-state index contributed by atoms with van der Waals surface area (Å²) in [4.78, 5) is 0. The van der Waals surface area contributed by atoms with Crippen LogP contribution in [0.15, 0.2) is 60.4 Å². The lowest BCUT2D eigenvalue weighted by atomic mass is 9.79. The number of anilines is 1. The Balaban J connectivity index is 2.22. The van der Waals surface area contributed by atoms with Gasteiger partial charge in [0.25, 0.3) is 0 Å². The van der Waals surface area contributed by atoms with Crippen molar-refractivity contribution >= 4 is 5.69 Å². The highest BCUT2D eigenvalue weighted by Crippen LogP contribution is 2.38. The zero-order valence-electron chi connectivity index (χ0n) is 10.2. The number of benzene rings is 2. The van der Waals surface area contributed by atoms with Crippen LogP contribution < -0.4 is 16.8 Å². The number of para-hydroxylation sites is 1. The first-order valence-corrected chi connectivity index (χ1v) is 5.99. The third-order valence-corrected chi connectivity index (χ3v) is 3.49. The van der Waals surface area contributed by atoms with Crippen molar-refractivity contribution in [2.45, 2.75) is 5.54 Å². The van der Waals surface area contributed by atoms with Crippen molar-refractivity contribution in [1.29, 1.82) is 0 Å². The molecular weight excluding hydrogens is 241 g/mol. The van der Waals surface area contributed by atoms with Gasteiger partial charge < -0.3 is 16.8 Å². The highest BCUT2D eigenvalue weighted by Gasteiger charge is 2.36. The molecule has 5 N–H and O–H groups in total. The highest BCUT2D eigenvalue weighted by atomic mass is 19.1. The van der Waals surface area contributed by atoms with Gasteiger partial charge >= 0.3 is 0 Å². The van der Waals surface area contributed by atoms with Crippen LogP contribution in [0.5, 0.6) is 0 Å². The Morgan fingerprint density at radius 1 is 1.00 bits per heavy atom. The summed E-state index contributed by atoms with van der Waals surface area (Å²) in [5.74, 6) is -0.294. The normalized spacial score (nSPS) is 21.3. The Morgan fingerprint density at radius 3 is 2.42 bits per heavy atom. The average Bonchev–Trinajstić information content (AvgIpc) is 2.44. The van der Waals surface area contributed by atoms with Gasteiger partial charge in [-0.25, -0.2) is 4.39 Å².